The highest BCUT2D eigenvalue weighted by Crippen LogP contribution is 2.20. The van der Waals surface area contributed by atoms with E-state index in [0.717, 1.165) is 0 Å². The number of carbonyl (C=O) groups excluding carboxylic acids is 1. The topological polar surface area (TPSA) is 96.7 Å². The van der Waals surface area contributed by atoms with Crippen molar-refractivity contribution in [1.82, 2.24) is 25.9 Å². The third-order valence-electron chi connectivity index (χ3n) is 2.88. The van der Waals surface area contributed by atoms with Gasteiger partial charge in [0.2, 0.25) is 5.91 Å². The fourth-order valence-corrected chi connectivity index (χ4v) is 2.43. The number of aromatic nitrogens is 4. The molecule has 2 heterocycles. The molecule has 0 aliphatic heterocycles. The Bertz CT molecular complexity index is 790. The first-order valence-corrected chi connectivity index (χ1v) is 7.66. The van der Waals surface area contributed by atoms with Crippen molar-refractivity contribution in [2.24, 2.45) is 0 Å². The zero-order valence-electron chi connectivity index (χ0n) is 11.8. The Morgan fingerprint density at radius 1 is 1.39 bits per heavy atom. The second-order valence-corrected chi connectivity index (χ2v) is 5.56. The van der Waals surface area contributed by atoms with E-state index in [1.807, 2.05) is 0 Å². The molecule has 0 unspecified atom stereocenters. The van der Waals surface area contributed by atoms with E-state index in [1.165, 1.54) is 23.9 Å². The Labute approximate surface area is 134 Å². The van der Waals surface area contributed by atoms with Crippen LogP contribution in [0.3, 0.4) is 0 Å². The van der Waals surface area contributed by atoms with Crippen molar-refractivity contribution >= 4 is 17.7 Å². The molecule has 0 aliphatic carbocycles. The Kier molecular flexibility index (Phi) is 4.67. The van der Waals surface area contributed by atoms with Crippen LogP contribution in [-0.4, -0.2) is 32.2 Å². The third kappa shape index (κ3) is 4.16. The van der Waals surface area contributed by atoms with Crippen LogP contribution in [0.4, 0.5) is 4.39 Å². The lowest BCUT2D eigenvalue weighted by Crippen LogP contribution is -2.24. The summed E-state index contributed by atoms with van der Waals surface area (Å²) in [6.07, 6.45) is 1.54. The second-order valence-electron chi connectivity index (χ2n) is 4.56. The van der Waals surface area contributed by atoms with Crippen molar-refractivity contribution in [3.8, 4) is 11.3 Å². The Morgan fingerprint density at radius 3 is 3.09 bits per heavy atom. The lowest BCUT2D eigenvalue weighted by Gasteiger charge is -2.00. The monoisotopic (exact) mass is 333 g/mol. The average Bonchev–Trinajstić information content (AvgIpc) is 3.22. The summed E-state index contributed by atoms with van der Waals surface area (Å²) >= 11 is 1.27. The Hall–Kier alpha value is -2.68. The fourth-order valence-electron chi connectivity index (χ4n) is 1.82. The first kappa shape index (κ1) is 15.2. The Balaban J connectivity index is 1.52. The van der Waals surface area contributed by atoms with E-state index >= 15 is 0 Å². The van der Waals surface area contributed by atoms with Crippen LogP contribution in [0.5, 0.6) is 0 Å². The zero-order valence-corrected chi connectivity index (χ0v) is 12.6. The van der Waals surface area contributed by atoms with Gasteiger partial charge in [-0.1, -0.05) is 29.1 Å². The molecule has 1 aromatic carbocycles. The predicted molar refractivity (Wildman–Crippen MR) is 80.9 cm³/mol. The van der Waals surface area contributed by atoms with Gasteiger partial charge in [0.1, 0.15) is 16.5 Å². The van der Waals surface area contributed by atoms with E-state index in [0.29, 0.717) is 22.0 Å². The lowest BCUT2D eigenvalue weighted by atomic mass is 10.1. The largest absolute Gasteiger partial charge is 0.359 e. The summed E-state index contributed by atoms with van der Waals surface area (Å²) in [4.78, 5) is 11.7. The van der Waals surface area contributed by atoms with Crippen LogP contribution in [0.2, 0.25) is 0 Å². The van der Waals surface area contributed by atoms with E-state index in [2.05, 4.69) is 25.9 Å². The average molecular weight is 333 g/mol. The highest BCUT2D eigenvalue weighted by Gasteiger charge is 2.09. The molecule has 0 fully saturated rings. The summed E-state index contributed by atoms with van der Waals surface area (Å²) in [5, 5.41) is 17.2. The van der Waals surface area contributed by atoms with Crippen molar-refractivity contribution < 1.29 is 13.7 Å². The minimum absolute atomic E-state index is 0.165. The van der Waals surface area contributed by atoms with Crippen LogP contribution >= 0.6 is 11.8 Å². The number of carbonyl (C=O) groups is 1. The van der Waals surface area contributed by atoms with Crippen LogP contribution in [0.15, 0.2) is 46.1 Å². The summed E-state index contributed by atoms with van der Waals surface area (Å²) in [6, 6.07) is 7.73. The molecule has 7 nitrogen and oxygen atoms in total. The maximum atomic E-state index is 13.2. The molecule has 2 aromatic heterocycles. The highest BCUT2D eigenvalue weighted by molar-refractivity contribution is 7.99. The van der Waals surface area contributed by atoms with E-state index in [9.17, 15) is 9.18 Å². The number of H-pyrrole nitrogens is 1. The van der Waals surface area contributed by atoms with Gasteiger partial charge in [-0.15, -0.1) is 5.10 Å². The van der Waals surface area contributed by atoms with Gasteiger partial charge < -0.3 is 9.84 Å². The molecule has 0 saturated carbocycles. The molecule has 0 radical (unpaired) electrons. The molecule has 0 spiro atoms. The number of thioether (sulfide) groups is 1. The SMILES string of the molecule is O=C(CSc1cn[nH]n1)NCc1cc(-c2cccc(F)c2)no1. The van der Waals surface area contributed by atoms with Crippen LogP contribution in [0.25, 0.3) is 11.3 Å². The number of halogens is 1. The molecule has 3 aromatic rings. The molecule has 0 aliphatic rings. The van der Waals surface area contributed by atoms with Gasteiger partial charge in [0.25, 0.3) is 0 Å². The summed E-state index contributed by atoms with van der Waals surface area (Å²) in [7, 11) is 0. The van der Waals surface area contributed by atoms with Crippen molar-refractivity contribution in [2.45, 2.75) is 11.6 Å². The van der Waals surface area contributed by atoms with Crippen LogP contribution in [0, 0.1) is 5.82 Å². The van der Waals surface area contributed by atoms with Gasteiger partial charge in [-0.2, -0.15) is 10.3 Å². The van der Waals surface area contributed by atoms with E-state index in [1.54, 1.807) is 24.4 Å². The van der Waals surface area contributed by atoms with Gasteiger partial charge in [-0.05, 0) is 12.1 Å². The van der Waals surface area contributed by atoms with Crippen LogP contribution < -0.4 is 5.32 Å². The molecule has 0 atom stereocenters. The predicted octanol–water partition coefficient (Wildman–Crippen LogP) is 2.01. The molecule has 0 bridgehead atoms. The molecule has 3 rings (SSSR count). The van der Waals surface area contributed by atoms with Gasteiger partial charge in [-0.3, -0.25) is 4.79 Å². The van der Waals surface area contributed by atoms with Gasteiger partial charge >= 0.3 is 0 Å². The van der Waals surface area contributed by atoms with Gasteiger partial charge in [-0.25, -0.2) is 4.39 Å². The molecule has 1 amide bonds. The zero-order chi connectivity index (χ0) is 16.1. The quantitative estimate of drug-likeness (QED) is 0.670. The van der Waals surface area contributed by atoms with Crippen molar-refractivity contribution in [2.75, 3.05) is 5.75 Å². The van der Waals surface area contributed by atoms with Gasteiger partial charge in [0, 0.05) is 11.6 Å². The first-order chi connectivity index (χ1) is 11.2. The van der Waals surface area contributed by atoms with E-state index in [4.69, 9.17) is 4.52 Å². The van der Waals surface area contributed by atoms with Gasteiger partial charge in [0.05, 0.1) is 18.5 Å². The standard InChI is InChI=1S/C14H12FN5O2S/c15-10-3-1-2-9(4-10)12-5-11(22-19-12)6-16-13(21)8-23-14-7-17-20-18-14/h1-5,7H,6,8H2,(H,16,21)(H,17,18,20). The summed E-state index contributed by atoms with van der Waals surface area (Å²) < 4.78 is 18.3. The third-order valence-corrected chi connectivity index (χ3v) is 3.78. The molecule has 118 valence electrons. The molecule has 2 N–H and O–H groups in total. The number of nitrogens with zero attached hydrogens (tertiary/aromatic N) is 3. The number of rotatable bonds is 6. The summed E-state index contributed by atoms with van der Waals surface area (Å²) in [6.45, 7) is 0.209. The van der Waals surface area contributed by atoms with Crippen LogP contribution in [-0.2, 0) is 11.3 Å². The molecule has 0 saturated heterocycles. The second kappa shape index (κ2) is 7.05. The number of nitrogens with one attached hydrogen (secondary N) is 2. The van der Waals surface area contributed by atoms with E-state index in [-0.39, 0.29) is 24.0 Å². The summed E-state index contributed by atoms with van der Waals surface area (Å²) in [5.74, 6) is 0.202. The minimum atomic E-state index is -0.342. The fraction of sp³-hybridized carbons (Fsp3) is 0.143. The number of amides is 1. The highest BCUT2D eigenvalue weighted by atomic mass is 32.2. The Morgan fingerprint density at radius 2 is 2.30 bits per heavy atom. The van der Waals surface area contributed by atoms with Crippen molar-refractivity contribution in [1.29, 1.82) is 0 Å². The van der Waals surface area contributed by atoms with Crippen molar-refractivity contribution in [3.05, 3.63) is 48.1 Å². The smallest absolute Gasteiger partial charge is 0.230 e. The minimum Gasteiger partial charge on any atom is -0.359 e. The lowest BCUT2D eigenvalue weighted by molar-refractivity contribution is -0.118. The number of benzene rings is 1. The molecular weight excluding hydrogens is 321 g/mol. The van der Waals surface area contributed by atoms with Crippen molar-refractivity contribution in [3.63, 3.8) is 0 Å². The number of hydrogen-bond donors (Lipinski definition) is 2. The molecule has 9 heteroatoms. The normalized spacial score (nSPS) is 10.7. The number of hydrogen-bond acceptors (Lipinski definition) is 6. The van der Waals surface area contributed by atoms with Gasteiger partial charge in [0.15, 0.2) is 5.76 Å². The van der Waals surface area contributed by atoms with E-state index < -0.39 is 0 Å². The summed E-state index contributed by atoms with van der Waals surface area (Å²) in [5.41, 5.74) is 1.14. The van der Waals surface area contributed by atoms with Crippen LogP contribution in [0.1, 0.15) is 5.76 Å². The number of aromatic amines is 1. The maximum Gasteiger partial charge on any atom is 0.230 e. The first-order valence-electron chi connectivity index (χ1n) is 6.67. The maximum absolute atomic E-state index is 13.2. The molecule has 23 heavy (non-hydrogen) atoms. The molecular formula is C14H12FN5O2S.